The zero-order valence-electron chi connectivity index (χ0n) is 12.1. The van der Waals surface area contributed by atoms with Crippen LogP contribution >= 0.6 is 38.9 Å². The largest absolute Gasteiger partial charge is 0.298 e. The Labute approximate surface area is 151 Å². The van der Waals surface area contributed by atoms with Crippen LogP contribution in [0.25, 0.3) is 11.3 Å². The Hall–Kier alpha value is -1.69. The molecule has 2 aromatic carbocycles. The molecule has 3 aromatic rings. The van der Waals surface area contributed by atoms with Crippen molar-refractivity contribution in [3.05, 3.63) is 68.5 Å². The number of rotatable bonds is 3. The third-order valence-electron chi connectivity index (χ3n) is 3.25. The Balaban J connectivity index is 1.80. The van der Waals surface area contributed by atoms with Gasteiger partial charge in [0, 0.05) is 15.4 Å². The Kier molecular flexibility index (Phi) is 4.80. The summed E-state index contributed by atoms with van der Waals surface area (Å²) in [6.45, 7) is 2.04. The lowest BCUT2D eigenvalue weighted by atomic mass is 10.1. The van der Waals surface area contributed by atoms with Gasteiger partial charge in [-0.05, 0) is 25.1 Å². The number of nitrogens with zero attached hydrogens (tertiary/aromatic N) is 1. The summed E-state index contributed by atoms with van der Waals surface area (Å²) >= 11 is 10.8. The first-order valence-corrected chi connectivity index (χ1v) is 8.87. The van der Waals surface area contributed by atoms with Crippen LogP contribution in [0.5, 0.6) is 0 Å². The van der Waals surface area contributed by atoms with Gasteiger partial charge in [0.2, 0.25) is 0 Å². The van der Waals surface area contributed by atoms with Crippen molar-refractivity contribution >= 4 is 49.9 Å². The zero-order chi connectivity index (χ0) is 16.4. The number of nitrogens with one attached hydrogen (secondary N) is 1. The number of amides is 1. The monoisotopic (exact) mass is 406 g/mol. The fourth-order valence-corrected chi connectivity index (χ4v) is 3.30. The predicted octanol–water partition coefficient (Wildman–Crippen LogP) is 5.79. The lowest BCUT2D eigenvalue weighted by molar-refractivity contribution is 0.102. The molecule has 23 heavy (non-hydrogen) atoms. The van der Waals surface area contributed by atoms with E-state index in [2.05, 4.69) is 26.2 Å². The van der Waals surface area contributed by atoms with E-state index < -0.39 is 0 Å². The maximum Gasteiger partial charge on any atom is 0.258 e. The summed E-state index contributed by atoms with van der Waals surface area (Å²) in [6, 6.07) is 13.3. The highest BCUT2D eigenvalue weighted by Gasteiger charge is 2.13. The minimum atomic E-state index is -0.277. The van der Waals surface area contributed by atoms with E-state index in [-0.39, 0.29) is 5.91 Å². The van der Waals surface area contributed by atoms with Gasteiger partial charge in [0.25, 0.3) is 5.91 Å². The minimum absolute atomic E-state index is 0.277. The van der Waals surface area contributed by atoms with Crippen molar-refractivity contribution in [1.82, 2.24) is 4.98 Å². The highest BCUT2D eigenvalue weighted by molar-refractivity contribution is 9.10. The Morgan fingerprint density at radius 1 is 1.22 bits per heavy atom. The summed E-state index contributed by atoms with van der Waals surface area (Å²) in [7, 11) is 0. The van der Waals surface area contributed by atoms with E-state index in [1.807, 2.05) is 36.6 Å². The molecular weight excluding hydrogens is 396 g/mol. The lowest BCUT2D eigenvalue weighted by Gasteiger charge is -2.04. The fourth-order valence-electron chi connectivity index (χ4n) is 2.02. The van der Waals surface area contributed by atoms with Gasteiger partial charge in [-0.2, -0.15) is 0 Å². The molecule has 0 spiro atoms. The first kappa shape index (κ1) is 16.2. The number of halogens is 2. The average molecular weight is 408 g/mol. The number of hydrogen-bond donors (Lipinski definition) is 1. The molecule has 0 radical (unpaired) electrons. The van der Waals surface area contributed by atoms with Crippen LogP contribution in [0.2, 0.25) is 5.02 Å². The third-order valence-corrected chi connectivity index (χ3v) is 4.83. The van der Waals surface area contributed by atoms with Gasteiger partial charge >= 0.3 is 0 Å². The molecule has 3 rings (SSSR count). The van der Waals surface area contributed by atoms with E-state index in [0.29, 0.717) is 15.7 Å². The second kappa shape index (κ2) is 6.83. The first-order chi connectivity index (χ1) is 11.0. The van der Waals surface area contributed by atoms with Crippen LogP contribution in [-0.2, 0) is 0 Å². The van der Waals surface area contributed by atoms with Crippen molar-refractivity contribution in [3.8, 4) is 11.3 Å². The van der Waals surface area contributed by atoms with E-state index in [9.17, 15) is 4.79 Å². The summed E-state index contributed by atoms with van der Waals surface area (Å²) < 4.78 is 0.798. The van der Waals surface area contributed by atoms with Crippen LogP contribution in [0.1, 0.15) is 15.9 Å². The number of thiazole rings is 1. The number of benzene rings is 2. The second-order valence-corrected chi connectivity index (χ2v) is 7.16. The molecule has 3 nitrogen and oxygen atoms in total. The summed E-state index contributed by atoms with van der Waals surface area (Å²) in [6.07, 6.45) is 0. The van der Waals surface area contributed by atoms with Crippen molar-refractivity contribution in [3.63, 3.8) is 0 Å². The molecule has 0 aliphatic carbocycles. The molecule has 0 saturated carbocycles. The van der Waals surface area contributed by atoms with E-state index >= 15 is 0 Å². The van der Waals surface area contributed by atoms with Gasteiger partial charge in [0.05, 0.1) is 16.3 Å². The van der Waals surface area contributed by atoms with Gasteiger partial charge in [-0.25, -0.2) is 4.98 Å². The standard InChI is InChI=1S/C17H12BrClN2OS/c1-10-2-4-11(5-3-10)15-9-23-17(20-15)21-16(22)13-8-12(18)6-7-14(13)19/h2-9H,1H3,(H,20,21,22). The topological polar surface area (TPSA) is 42.0 Å². The SMILES string of the molecule is Cc1ccc(-c2csc(NC(=O)c3cc(Br)ccc3Cl)n2)cc1. The zero-order valence-corrected chi connectivity index (χ0v) is 15.3. The van der Waals surface area contributed by atoms with Gasteiger partial charge < -0.3 is 0 Å². The molecule has 0 unspecified atom stereocenters. The van der Waals surface area contributed by atoms with Crippen LogP contribution in [0, 0.1) is 6.92 Å². The Morgan fingerprint density at radius 3 is 2.70 bits per heavy atom. The predicted molar refractivity (Wildman–Crippen MR) is 99.4 cm³/mol. The Morgan fingerprint density at radius 2 is 1.96 bits per heavy atom. The van der Waals surface area contributed by atoms with E-state index in [0.717, 1.165) is 15.7 Å². The average Bonchev–Trinajstić information content (AvgIpc) is 2.99. The molecule has 116 valence electrons. The molecule has 0 aliphatic rings. The summed E-state index contributed by atoms with van der Waals surface area (Å²) in [5.74, 6) is -0.277. The first-order valence-electron chi connectivity index (χ1n) is 6.82. The van der Waals surface area contributed by atoms with Crippen molar-refractivity contribution in [2.45, 2.75) is 6.92 Å². The molecule has 1 aromatic heterocycles. The Bertz CT molecular complexity index is 861. The summed E-state index contributed by atoms with van der Waals surface area (Å²) in [5, 5.41) is 5.66. The molecule has 0 bridgehead atoms. The van der Waals surface area contributed by atoms with Crippen molar-refractivity contribution in [2.75, 3.05) is 5.32 Å². The number of carbonyl (C=O) groups excluding carboxylic acids is 1. The molecule has 1 heterocycles. The number of hydrogen-bond acceptors (Lipinski definition) is 3. The van der Waals surface area contributed by atoms with E-state index in [4.69, 9.17) is 11.6 Å². The summed E-state index contributed by atoms with van der Waals surface area (Å²) in [4.78, 5) is 16.8. The summed E-state index contributed by atoms with van der Waals surface area (Å²) in [5.41, 5.74) is 3.47. The number of carbonyl (C=O) groups is 1. The van der Waals surface area contributed by atoms with Gasteiger partial charge in [0.1, 0.15) is 0 Å². The van der Waals surface area contributed by atoms with Crippen molar-refractivity contribution < 1.29 is 4.79 Å². The molecule has 0 saturated heterocycles. The molecule has 0 atom stereocenters. The number of aryl methyl sites for hydroxylation is 1. The lowest BCUT2D eigenvalue weighted by Crippen LogP contribution is -2.12. The van der Waals surface area contributed by atoms with Crippen LogP contribution in [0.15, 0.2) is 52.3 Å². The molecule has 0 fully saturated rings. The smallest absolute Gasteiger partial charge is 0.258 e. The van der Waals surface area contributed by atoms with Crippen LogP contribution in [-0.4, -0.2) is 10.9 Å². The van der Waals surface area contributed by atoms with Gasteiger partial charge in [-0.15, -0.1) is 11.3 Å². The molecular formula is C17H12BrClN2OS. The number of anilines is 1. The minimum Gasteiger partial charge on any atom is -0.298 e. The van der Waals surface area contributed by atoms with Gasteiger partial charge in [-0.3, -0.25) is 10.1 Å². The molecule has 0 aliphatic heterocycles. The normalized spacial score (nSPS) is 10.6. The van der Waals surface area contributed by atoms with Crippen LogP contribution < -0.4 is 5.32 Å². The highest BCUT2D eigenvalue weighted by Crippen LogP contribution is 2.27. The maximum atomic E-state index is 12.3. The number of aromatic nitrogens is 1. The van der Waals surface area contributed by atoms with E-state index in [1.165, 1.54) is 16.9 Å². The third kappa shape index (κ3) is 3.80. The molecule has 6 heteroatoms. The fraction of sp³-hybridized carbons (Fsp3) is 0.0588. The highest BCUT2D eigenvalue weighted by atomic mass is 79.9. The maximum absolute atomic E-state index is 12.3. The second-order valence-electron chi connectivity index (χ2n) is 4.98. The molecule has 1 N–H and O–H groups in total. The van der Waals surface area contributed by atoms with Gasteiger partial charge in [-0.1, -0.05) is 57.4 Å². The quantitative estimate of drug-likeness (QED) is 0.597. The van der Waals surface area contributed by atoms with Gasteiger partial charge in [0.15, 0.2) is 5.13 Å². The van der Waals surface area contributed by atoms with Crippen LogP contribution in [0.4, 0.5) is 5.13 Å². The van der Waals surface area contributed by atoms with E-state index in [1.54, 1.807) is 18.2 Å². The van der Waals surface area contributed by atoms with Crippen molar-refractivity contribution in [2.24, 2.45) is 0 Å². The molecule has 1 amide bonds. The van der Waals surface area contributed by atoms with Crippen LogP contribution in [0.3, 0.4) is 0 Å². The van der Waals surface area contributed by atoms with Crippen molar-refractivity contribution in [1.29, 1.82) is 0 Å².